The summed E-state index contributed by atoms with van der Waals surface area (Å²) in [6.07, 6.45) is 3.83. The van der Waals surface area contributed by atoms with E-state index in [0.29, 0.717) is 13.1 Å². The minimum Gasteiger partial charge on any atom is -0.457 e. The molecule has 1 aliphatic heterocycles. The number of rotatable bonds is 4. The number of hydrogen-bond donors (Lipinski definition) is 0. The van der Waals surface area contributed by atoms with Gasteiger partial charge in [-0.1, -0.05) is 42.5 Å². The molecule has 0 radical (unpaired) electrons. The van der Waals surface area contributed by atoms with Crippen molar-refractivity contribution in [2.45, 2.75) is 19.4 Å². The average molecular weight is 383 g/mol. The fourth-order valence-electron chi connectivity index (χ4n) is 4.00. The highest BCUT2D eigenvalue weighted by Crippen LogP contribution is 2.44. The third-order valence-electron chi connectivity index (χ3n) is 5.47. The molecule has 5 nitrogen and oxygen atoms in total. The summed E-state index contributed by atoms with van der Waals surface area (Å²) in [7, 11) is 0. The number of aromatic nitrogens is 2. The van der Waals surface area contributed by atoms with Gasteiger partial charge in [-0.05, 0) is 31.2 Å². The maximum Gasteiger partial charge on any atom is 0.235 e. The Bertz CT molecular complexity index is 1150. The summed E-state index contributed by atoms with van der Waals surface area (Å²) in [4.78, 5) is 20.1. The Labute approximate surface area is 169 Å². The summed E-state index contributed by atoms with van der Waals surface area (Å²) < 4.78 is 8.08. The molecule has 5 heteroatoms. The SMILES string of the molecule is CCN(Cc1cnc2ccccn12)C(=O)C1c2ccccc2Oc2ccccc21. The van der Waals surface area contributed by atoms with E-state index < -0.39 is 0 Å². The van der Waals surface area contributed by atoms with Crippen molar-refractivity contribution in [2.24, 2.45) is 0 Å². The summed E-state index contributed by atoms with van der Waals surface area (Å²) in [6.45, 7) is 3.13. The summed E-state index contributed by atoms with van der Waals surface area (Å²) in [5.41, 5.74) is 3.69. The molecule has 0 spiro atoms. The highest BCUT2D eigenvalue weighted by Gasteiger charge is 2.34. The topological polar surface area (TPSA) is 46.8 Å². The molecule has 5 rings (SSSR count). The first kappa shape index (κ1) is 17.5. The fraction of sp³-hybridized carbons (Fsp3) is 0.167. The van der Waals surface area contributed by atoms with Crippen molar-refractivity contribution >= 4 is 11.6 Å². The van der Waals surface area contributed by atoms with Crippen molar-refractivity contribution in [1.29, 1.82) is 0 Å². The van der Waals surface area contributed by atoms with Crippen molar-refractivity contribution in [2.75, 3.05) is 6.54 Å². The highest BCUT2D eigenvalue weighted by atomic mass is 16.5. The smallest absolute Gasteiger partial charge is 0.235 e. The molecule has 0 saturated carbocycles. The summed E-state index contributed by atoms with van der Waals surface area (Å²) >= 11 is 0. The number of carbonyl (C=O) groups excluding carboxylic acids is 1. The molecular weight excluding hydrogens is 362 g/mol. The second-order valence-corrected chi connectivity index (χ2v) is 7.14. The van der Waals surface area contributed by atoms with Crippen LogP contribution in [-0.4, -0.2) is 26.7 Å². The van der Waals surface area contributed by atoms with Gasteiger partial charge in [-0.15, -0.1) is 0 Å². The van der Waals surface area contributed by atoms with Crippen LogP contribution < -0.4 is 4.74 Å². The lowest BCUT2D eigenvalue weighted by atomic mass is 9.86. The molecule has 4 aromatic rings. The zero-order valence-electron chi connectivity index (χ0n) is 16.2. The number of carbonyl (C=O) groups is 1. The van der Waals surface area contributed by atoms with Gasteiger partial charge in [0.05, 0.1) is 24.4 Å². The van der Waals surface area contributed by atoms with Gasteiger partial charge in [0.2, 0.25) is 5.91 Å². The molecule has 0 bridgehead atoms. The Morgan fingerprint density at radius 2 is 1.66 bits per heavy atom. The van der Waals surface area contributed by atoms with Gasteiger partial charge in [0.25, 0.3) is 0 Å². The predicted molar refractivity (Wildman–Crippen MR) is 111 cm³/mol. The largest absolute Gasteiger partial charge is 0.457 e. The van der Waals surface area contributed by atoms with Crippen molar-refractivity contribution in [3.8, 4) is 11.5 Å². The van der Waals surface area contributed by atoms with E-state index in [1.165, 1.54) is 0 Å². The molecule has 1 amide bonds. The monoisotopic (exact) mass is 383 g/mol. The lowest BCUT2D eigenvalue weighted by Crippen LogP contribution is -2.36. The van der Waals surface area contributed by atoms with Crippen LogP contribution >= 0.6 is 0 Å². The summed E-state index contributed by atoms with van der Waals surface area (Å²) in [5.74, 6) is 1.18. The molecule has 0 saturated heterocycles. The first-order chi connectivity index (χ1) is 14.3. The number of imidazole rings is 1. The van der Waals surface area contributed by atoms with Crippen LogP contribution in [-0.2, 0) is 11.3 Å². The highest BCUT2D eigenvalue weighted by molar-refractivity contribution is 5.89. The van der Waals surface area contributed by atoms with Crippen LogP contribution in [0.2, 0.25) is 0 Å². The van der Waals surface area contributed by atoms with E-state index in [1.807, 2.05) is 95.3 Å². The normalized spacial score (nSPS) is 12.9. The molecule has 0 atom stereocenters. The Morgan fingerprint density at radius 1 is 1.00 bits per heavy atom. The molecule has 144 valence electrons. The van der Waals surface area contributed by atoms with E-state index in [9.17, 15) is 4.79 Å². The van der Waals surface area contributed by atoms with Crippen molar-refractivity contribution in [3.05, 3.63) is 95.9 Å². The maximum absolute atomic E-state index is 13.8. The first-order valence-electron chi connectivity index (χ1n) is 9.81. The van der Waals surface area contributed by atoms with Gasteiger partial charge in [-0.2, -0.15) is 0 Å². The number of benzene rings is 2. The molecule has 0 aliphatic carbocycles. The van der Waals surface area contributed by atoms with Crippen LogP contribution in [0.5, 0.6) is 11.5 Å². The predicted octanol–water partition coefficient (Wildman–Crippen LogP) is 4.62. The molecule has 1 aliphatic rings. The number of para-hydroxylation sites is 2. The van der Waals surface area contributed by atoms with Crippen LogP contribution in [0, 0.1) is 0 Å². The maximum atomic E-state index is 13.8. The zero-order valence-corrected chi connectivity index (χ0v) is 16.2. The molecule has 0 N–H and O–H groups in total. The van der Waals surface area contributed by atoms with Crippen LogP contribution in [0.4, 0.5) is 0 Å². The van der Waals surface area contributed by atoms with Crippen LogP contribution in [0.25, 0.3) is 5.65 Å². The first-order valence-corrected chi connectivity index (χ1v) is 9.81. The van der Waals surface area contributed by atoms with Crippen molar-refractivity contribution < 1.29 is 9.53 Å². The van der Waals surface area contributed by atoms with E-state index in [0.717, 1.165) is 34.0 Å². The molecular formula is C24H21N3O2. The Kier molecular flexibility index (Phi) is 4.28. The van der Waals surface area contributed by atoms with Crippen LogP contribution in [0.3, 0.4) is 0 Å². The minimum atomic E-state index is -0.379. The van der Waals surface area contributed by atoms with Gasteiger partial charge in [0, 0.05) is 23.9 Å². The Hall–Kier alpha value is -3.60. The molecule has 0 unspecified atom stereocenters. The number of likely N-dealkylation sites (N-methyl/N-ethyl adjacent to an activating group) is 1. The van der Waals surface area contributed by atoms with Crippen LogP contribution in [0.15, 0.2) is 79.1 Å². The standard InChI is InChI=1S/C24H21N3O2/c1-2-26(16-17-15-25-22-13-7-8-14-27(17)22)24(28)23-18-9-3-5-11-20(18)29-21-12-6-4-10-19(21)23/h3-15,23H,2,16H2,1H3. The van der Waals surface area contributed by atoms with Gasteiger partial charge < -0.3 is 14.0 Å². The van der Waals surface area contributed by atoms with Gasteiger partial charge in [-0.25, -0.2) is 4.98 Å². The zero-order chi connectivity index (χ0) is 19.8. The quantitative estimate of drug-likeness (QED) is 0.517. The van der Waals surface area contributed by atoms with Crippen molar-refractivity contribution in [3.63, 3.8) is 0 Å². The molecule has 3 heterocycles. The minimum absolute atomic E-state index is 0.0709. The molecule has 0 fully saturated rings. The summed E-state index contributed by atoms with van der Waals surface area (Å²) in [5, 5.41) is 0. The molecule has 2 aromatic carbocycles. The lowest BCUT2D eigenvalue weighted by Gasteiger charge is -2.31. The Balaban J connectivity index is 1.53. The van der Waals surface area contributed by atoms with E-state index in [-0.39, 0.29) is 11.8 Å². The van der Waals surface area contributed by atoms with E-state index in [1.54, 1.807) is 0 Å². The second-order valence-electron chi connectivity index (χ2n) is 7.14. The number of fused-ring (bicyclic) bond motifs is 3. The number of hydrogen-bond acceptors (Lipinski definition) is 3. The average Bonchev–Trinajstić information content (AvgIpc) is 3.18. The van der Waals surface area contributed by atoms with Gasteiger partial charge in [0.15, 0.2) is 0 Å². The third-order valence-corrected chi connectivity index (χ3v) is 5.47. The van der Waals surface area contributed by atoms with E-state index in [4.69, 9.17) is 4.74 Å². The van der Waals surface area contributed by atoms with Crippen molar-refractivity contribution in [1.82, 2.24) is 14.3 Å². The number of amides is 1. The molecule has 29 heavy (non-hydrogen) atoms. The summed E-state index contributed by atoms with van der Waals surface area (Å²) in [6, 6.07) is 21.5. The van der Waals surface area contributed by atoms with E-state index in [2.05, 4.69) is 4.98 Å². The number of pyridine rings is 1. The van der Waals surface area contributed by atoms with E-state index >= 15 is 0 Å². The number of nitrogens with zero attached hydrogens (tertiary/aromatic N) is 3. The number of ether oxygens (including phenoxy) is 1. The van der Waals surface area contributed by atoms with Gasteiger partial charge in [-0.3, -0.25) is 4.79 Å². The van der Waals surface area contributed by atoms with Gasteiger partial charge in [0.1, 0.15) is 17.1 Å². The fourth-order valence-corrected chi connectivity index (χ4v) is 4.00. The van der Waals surface area contributed by atoms with Crippen LogP contribution in [0.1, 0.15) is 29.7 Å². The van der Waals surface area contributed by atoms with Gasteiger partial charge >= 0.3 is 0 Å². The third kappa shape index (κ3) is 2.95. The second kappa shape index (κ2) is 7.09. The lowest BCUT2D eigenvalue weighted by molar-refractivity contribution is -0.132. The Morgan fingerprint density at radius 3 is 2.34 bits per heavy atom. The molecule has 2 aromatic heterocycles.